The van der Waals surface area contributed by atoms with Gasteiger partial charge in [0.05, 0.1) is 16.4 Å². The molecule has 0 saturated carbocycles. The number of hydrogen-bond donors (Lipinski definition) is 2. The Morgan fingerprint density at radius 1 is 1.00 bits per heavy atom. The Bertz CT molecular complexity index is 1200. The first kappa shape index (κ1) is 17.9. The van der Waals surface area contributed by atoms with E-state index in [-0.39, 0.29) is 5.91 Å². The van der Waals surface area contributed by atoms with E-state index < -0.39 is 0 Å². The molecule has 5 nitrogen and oxygen atoms in total. The zero-order valence-electron chi connectivity index (χ0n) is 15.1. The molecule has 0 aliphatic carbocycles. The molecule has 4 rings (SSSR count). The number of aromatic amines is 1. The molecule has 0 fully saturated rings. The highest BCUT2D eigenvalue weighted by atomic mass is 35.5. The van der Waals surface area contributed by atoms with E-state index in [0.29, 0.717) is 22.1 Å². The molecule has 0 atom stereocenters. The van der Waals surface area contributed by atoms with Crippen molar-refractivity contribution in [3.8, 4) is 11.3 Å². The summed E-state index contributed by atoms with van der Waals surface area (Å²) in [6.45, 7) is 1.85. The Kier molecular flexibility index (Phi) is 4.91. The number of amides is 1. The normalized spacial score (nSPS) is 11.6. The first-order chi connectivity index (χ1) is 13.6. The molecule has 0 aliphatic rings. The minimum absolute atomic E-state index is 0.310. The fourth-order valence-electron chi connectivity index (χ4n) is 2.92. The maximum atomic E-state index is 12.4. The first-order valence-electron chi connectivity index (χ1n) is 8.76. The Labute approximate surface area is 167 Å². The summed E-state index contributed by atoms with van der Waals surface area (Å²) in [6.07, 6.45) is 0. The quantitative estimate of drug-likeness (QED) is 0.380. The summed E-state index contributed by atoms with van der Waals surface area (Å²) >= 11 is 6.18. The average Bonchev–Trinajstić information content (AvgIpc) is 3.22. The summed E-state index contributed by atoms with van der Waals surface area (Å²) in [5, 5.41) is 14.0. The number of aromatic nitrogens is 2. The van der Waals surface area contributed by atoms with Gasteiger partial charge >= 0.3 is 0 Å². The summed E-state index contributed by atoms with van der Waals surface area (Å²) in [5.74, 6) is -0.369. The van der Waals surface area contributed by atoms with Crippen LogP contribution < -0.4 is 5.43 Å². The molecule has 4 aromatic rings. The van der Waals surface area contributed by atoms with Crippen molar-refractivity contribution < 1.29 is 4.79 Å². The van der Waals surface area contributed by atoms with Gasteiger partial charge in [0.25, 0.3) is 5.91 Å². The van der Waals surface area contributed by atoms with E-state index in [9.17, 15) is 4.79 Å². The topological polar surface area (TPSA) is 70.1 Å². The van der Waals surface area contributed by atoms with E-state index in [1.807, 2.05) is 61.5 Å². The van der Waals surface area contributed by atoms with E-state index in [2.05, 4.69) is 26.8 Å². The lowest BCUT2D eigenvalue weighted by atomic mass is 10.0. The number of rotatable bonds is 4. The van der Waals surface area contributed by atoms with Gasteiger partial charge in [-0.25, -0.2) is 5.43 Å². The molecule has 138 valence electrons. The second-order valence-corrected chi connectivity index (χ2v) is 6.75. The Hall–Kier alpha value is -3.44. The number of fused-ring (bicyclic) bond motifs is 1. The number of carbonyl (C=O) groups is 1. The van der Waals surface area contributed by atoms with E-state index >= 15 is 0 Å². The van der Waals surface area contributed by atoms with Crippen LogP contribution in [0.2, 0.25) is 5.02 Å². The molecule has 0 unspecified atom stereocenters. The summed E-state index contributed by atoms with van der Waals surface area (Å²) in [6, 6.07) is 23.2. The Balaban J connectivity index is 1.51. The van der Waals surface area contributed by atoms with Gasteiger partial charge in [0, 0.05) is 5.56 Å². The Morgan fingerprint density at radius 2 is 1.75 bits per heavy atom. The fraction of sp³-hybridized carbons (Fsp3) is 0.0455. The van der Waals surface area contributed by atoms with Crippen LogP contribution >= 0.6 is 11.6 Å². The molecular formula is C22H17ClN4O. The lowest BCUT2D eigenvalue weighted by Gasteiger charge is -2.04. The van der Waals surface area contributed by atoms with Gasteiger partial charge in [-0.1, -0.05) is 66.2 Å². The van der Waals surface area contributed by atoms with Gasteiger partial charge in [0.2, 0.25) is 0 Å². The summed E-state index contributed by atoms with van der Waals surface area (Å²) in [5.41, 5.74) is 5.90. The molecule has 2 N–H and O–H groups in total. The number of halogens is 1. The molecule has 0 bridgehead atoms. The van der Waals surface area contributed by atoms with Crippen LogP contribution in [0.1, 0.15) is 23.0 Å². The molecule has 3 aromatic carbocycles. The minimum atomic E-state index is -0.369. The van der Waals surface area contributed by atoms with Crippen LogP contribution in [0.5, 0.6) is 0 Å². The number of hydrazone groups is 1. The highest BCUT2D eigenvalue weighted by Crippen LogP contribution is 2.26. The molecule has 0 radical (unpaired) electrons. The van der Waals surface area contributed by atoms with Gasteiger partial charge < -0.3 is 0 Å². The van der Waals surface area contributed by atoms with Crippen LogP contribution in [0, 0.1) is 0 Å². The van der Waals surface area contributed by atoms with E-state index in [4.69, 9.17) is 11.6 Å². The van der Waals surface area contributed by atoms with Gasteiger partial charge in [0.1, 0.15) is 5.69 Å². The number of nitrogens with one attached hydrogen (secondary N) is 2. The first-order valence-corrected chi connectivity index (χ1v) is 9.14. The largest absolute Gasteiger partial charge is 0.289 e. The molecule has 1 amide bonds. The van der Waals surface area contributed by atoms with Gasteiger partial charge in [-0.05, 0) is 41.5 Å². The van der Waals surface area contributed by atoms with Crippen LogP contribution in [-0.4, -0.2) is 21.8 Å². The number of H-pyrrole nitrogens is 1. The molecular weight excluding hydrogens is 372 g/mol. The van der Waals surface area contributed by atoms with Crippen molar-refractivity contribution in [3.05, 3.63) is 89.1 Å². The van der Waals surface area contributed by atoms with Crippen molar-refractivity contribution in [1.82, 2.24) is 15.6 Å². The predicted octanol–water partition coefficient (Wildman–Crippen LogP) is 5.04. The van der Waals surface area contributed by atoms with Gasteiger partial charge in [-0.15, -0.1) is 0 Å². The monoisotopic (exact) mass is 388 g/mol. The molecule has 1 aromatic heterocycles. The van der Waals surface area contributed by atoms with Crippen LogP contribution in [0.25, 0.3) is 22.0 Å². The standard InChI is InChI=1S/C22H17ClN4O/c1-14(16-11-10-15-6-2-3-7-17(15)12-16)24-27-22(28)21-13-20(25-26-21)18-8-4-5-9-19(18)23/h2-13H,1H3,(H,25,26)(H,27,28). The minimum Gasteiger partial charge on any atom is -0.272 e. The highest BCUT2D eigenvalue weighted by Gasteiger charge is 2.12. The maximum Gasteiger partial charge on any atom is 0.289 e. The van der Waals surface area contributed by atoms with Gasteiger partial charge in [-0.2, -0.15) is 10.2 Å². The average molecular weight is 389 g/mol. The van der Waals surface area contributed by atoms with Gasteiger partial charge in [0.15, 0.2) is 0 Å². The van der Waals surface area contributed by atoms with Crippen molar-refractivity contribution in [2.45, 2.75) is 6.92 Å². The van der Waals surface area contributed by atoms with E-state index in [1.165, 1.54) is 0 Å². The highest BCUT2D eigenvalue weighted by molar-refractivity contribution is 6.33. The van der Waals surface area contributed by atoms with Crippen LogP contribution in [0.15, 0.2) is 77.9 Å². The van der Waals surface area contributed by atoms with Crippen molar-refractivity contribution >= 4 is 34.0 Å². The lowest BCUT2D eigenvalue weighted by Crippen LogP contribution is -2.19. The van der Waals surface area contributed by atoms with Crippen LogP contribution in [0.4, 0.5) is 0 Å². The summed E-state index contributed by atoms with van der Waals surface area (Å²) in [7, 11) is 0. The SMILES string of the molecule is CC(=NNC(=O)c1cc(-c2ccccc2Cl)n[nH]1)c1ccc2ccccc2c1. The van der Waals surface area contributed by atoms with Crippen molar-refractivity contribution in [2.75, 3.05) is 0 Å². The molecule has 1 heterocycles. The zero-order valence-corrected chi connectivity index (χ0v) is 15.9. The second-order valence-electron chi connectivity index (χ2n) is 6.35. The van der Waals surface area contributed by atoms with E-state index in [0.717, 1.165) is 21.9 Å². The summed E-state index contributed by atoms with van der Waals surface area (Å²) < 4.78 is 0. The third kappa shape index (κ3) is 3.66. The number of hydrogen-bond acceptors (Lipinski definition) is 3. The molecule has 6 heteroatoms. The molecule has 0 saturated heterocycles. The van der Waals surface area contributed by atoms with Gasteiger partial charge in [-0.3, -0.25) is 9.89 Å². The smallest absolute Gasteiger partial charge is 0.272 e. The number of benzene rings is 3. The fourth-order valence-corrected chi connectivity index (χ4v) is 3.15. The summed E-state index contributed by atoms with van der Waals surface area (Å²) in [4.78, 5) is 12.4. The predicted molar refractivity (Wildman–Crippen MR) is 113 cm³/mol. The van der Waals surface area contributed by atoms with Crippen molar-refractivity contribution in [3.63, 3.8) is 0 Å². The maximum absolute atomic E-state index is 12.4. The zero-order chi connectivity index (χ0) is 19.5. The van der Waals surface area contributed by atoms with Crippen LogP contribution in [0.3, 0.4) is 0 Å². The Morgan fingerprint density at radius 3 is 2.57 bits per heavy atom. The second kappa shape index (κ2) is 7.66. The third-order valence-electron chi connectivity index (χ3n) is 4.46. The van der Waals surface area contributed by atoms with Crippen LogP contribution in [-0.2, 0) is 0 Å². The number of carbonyl (C=O) groups excluding carboxylic acids is 1. The lowest BCUT2D eigenvalue weighted by molar-refractivity contribution is 0.0950. The molecule has 0 spiro atoms. The third-order valence-corrected chi connectivity index (χ3v) is 4.79. The number of nitrogens with zero attached hydrogens (tertiary/aromatic N) is 2. The van der Waals surface area contributed by atoms with Crippen molar-refractivity contribution in [1.29, 1.82) is 0 Å². The van der Waals surface area contributed by atoms with Crippen molar-refractivity contribution in [2.24, 2.45) is 5.10 Å². The molecule has 0 aliphatic heterocycles. The molecule has 28 heavy (non-hydrogen) atoms. The van der Waals surface area contributed by atoms with E-state index in [1.54, 1.807) is 12.1 Å².